The molecule has 178 valence electrons. The number of para-hydroxylation sites is 2. The van der Waals surface area contributed by atoms with Crippen molar-refractivity contribution in [2.75, 3.05) is 0 Å². The van der Waals surface area contributed by atoms with Crippen molar-refractivity contribution in [1.82, 2.24) is 0 Å². The molecule has 5 rings (SSSR count). The zero-order chi connectivity index (χ0) is 25.1. The Morgan fingerprint density at radius 3 is 1.56 bits per heavy atom. The van der Waals surface area contributed by atoms with Gasteiger partial charge in [0.25, 0.3) is 0 Å². The molecule has 5 aromatic rings. The molecule has 8 heteroatoms. The summed E-state index contributed by atoms with van der Waals surface area (Å²) in [6.07, 6.45) is -1.92. The van der Waals surface area contributed by atoms with E-state index in [1.165, 1.54) is 6.07 Å². The molecule has 0 radical (unpaired) electrons. The molecule has 0 amide bonds. The van der Waals surface area contributed by atoms with Gasteiger partial charge in [-0.2, -0.15) is 0 Å². The minimum Gasteiger partial charge on any atom is -0.395 e. The first-order valence-corrected chi connectivity index (χ1v) is 11.5. The highest BCUT2D eigenvalue weighted by Crippen LogP contribution is 2.47. The van der Waals surface area contributed by atoms with Crippen molar-refractivity contribution >= 4 is 57.1 Å². The van der Waals surface area contributed by atoms with E-state index in [0.717, 1.165) is 0 Å². The van der Waals surface area contributed by atoms with Gasteiger partial charge in [-0.1, -0.05) is 83.9 Å². The smallest absolute Gasteiger partial charge is 0.395 e. The molecule has 0 aliphatic carbocycles. The molecule has 0 aliphatic rings. The van der Waals surface area contributed by atoms with Gasteiger partial charge >= 0.3 is 12.3 Å². The molecule has 5 aromatic carbocycles. The summed E-state index contributed by atoms with van der Waals surface area (Å²) >= 11 is 12.9. The van der Waals surface area contributed by atoms with E-state index in [1.807, 2.05) is 0 Å². The number of hydrogen-bond donors (Lipinski definition) is 0. The fourth-order valence-electron chi connectivity index (χ4n) is 3.74. The van der Waals surface area contributed by atoms with Crippen molar-refractivity contribution in [3.8, 4) is 23.0 Å². The summed E-state index contributed by atoms with van der Waals surface area (Å²) in [6, 6.07) is 27.0. The van der Waals surface area contributed by atoms with Crippen LogP contribution in [0.5, 0.6) is 23.0 Å². The number of hydrogen-bond acceptors (Lipinski definition) is 6. The highest BCUT2D eigenvalue weighted by molar-refractivity contribution is 6.40. The zero-order valence-corrected chi connectivity index (χ0v) is 20.0. The van der Waals surface area contributed by atoms with Crippen LogP contribution in [-0.2, 0) is 0 Å². The highest BCUT2D eigenvalue weighted by atomic mass is 35.5. The molecule has 6 nitrogen and oxygen atoms in total. The van der Waals surface area contributed by atoms with Gasteiger partial charge in [0.05, 0.1) is 5.02 Å². The van der Waals surface area contributed by atoms with E-state index < -0.39 is 12.3 Å². The van der Waals surface area contributed by atoms with Crippen molar-refractivity contribution < 1.29 is 28.5 Å². The predicted molar refractivity (Wildman–Crippen MR) is 138 cm³/mol. The largest absolute Gasteiger partial charge is 0.519 e. The Hall–Kier alpha value is -4.26. The molecule has 36 heavy (non-hydrogen) atoms. The third-order valence-electron chi connectivity index (χ3n) is 5.20. The van der Waals surface area contributed by atoms with Gasteiger partial charge in [0.15, 0.2) is 11.5 Å². The van der Waals surface area contributed by atoms with Crippen molar-refractivity contribution in [1.29, 1.82) is 0 Å². The Morgan fingerprint density at radius 2 is 1.00 bits per heavy atom. The monoisotopic (exact) mass is 518 g/mol. The summed E-state index contributed by atoms with van der Waals surface area (Å²) in [4.78, 5) is 25.4. The van der Waals surface area contributed by atoms with Gasteiger partial charge in [0.1, 0.15) is 11.5 Å². The van der Waals surface area contributed by atoms with Crippen LogP contribution in [0.2, 0.25) is 10.0 Å². The second-order valence-electron chi connectivity index (χ2n) is 7.55. The van der Waals surface area contributed by atoms with Crippen LogP contribution in [0.15, 0.2) is 97.1 Å². The molecule has 0 aliphatic heterocycles. The number of ether oxygens (including phenoxy) is 4. The number of carbonyl (C=O) groups excluding carboxylic acids is 2. The predicted octanol–water partition coefficient (Wildman–Crippen LogP) is 8.46. The summed E-state index contributed by atoms with van der Waals surface area (Å²) in [5, 5.41) is 2.07. The Balaban J connectivity index is 1.61. The van der Waals surface area contributed by atoms with E-state index >= 15 is 0 Å². The standard InChI is InChI=1S/C28H16Cl2O6/c29-17-15-22-24(23(30)16-17)26(36-28(32)34-19-11-5-2-6-12-19)21-14-8-7-13-20(21)25(22)35-27(31)33-18-9-3-1-4-10-18/h1-16H. The summed E-state index contributed by atoms with van der Waals surface area (Å²) < 4.78 is 21.9. The Labute approximate surface area is 215 Å². The van der Waals surface area contributed by atoms with Crippen molar-refractivity contribution in [3.05, 3.63) is 107 Å². The lowest BCUT2D eigenvalue weighted by Crippen LogP contribution is -2.16. The van der Waals surface area contributed by atoms with Crippen LogP contribution in [-0.4, -0.2) is 12.3 Å². The molecule has 0 bridgehead atoms. The molecule has 0 atom stereocenters. The summed E-state index contributed by atoms with van der Waals surface area (Å²) in [6.45, 7) is 0. The molecule has 0 aromatic heterocycles. The van der Waals surface area contributed by atoms with Crippen molar-refractivity contribution in [2.24, 2.45) is 0 Å². The van der Waals surface area contributed by atoms with E-state index in [9.17, 15) is 9.59 Å². The molecule has 0 heterocycles. The maximum absolute atomic E-state index is 12.7. The SMILES string of the molecule is O=C(Oc1ccccc1)Oc1c2ccccc2c(OC(=O)Oc2ccccc2)c2c(Cl)cc(Cl)cc12. The third kappa shape index (κ3) is 4.91. The van der Waals surface area contributed by atoms with Gasteiger partial charge in [0, 0.05) is 26.6 Å². The molecule has 0 saturated heterocycles. The van der Waals surface area contributed by atoms with E-state index in [0.29, 0.717) is 38.1 Å². The summed E-state index contributed by atoms with van der Waals surface area (Å²) in [7, 11) is 0. The Morgan fingerprint density at radius 1 is 0.528 bits per heavy atom. The average Bonchev–Trinajstić information content (AvgIpc) is 2.87. The number of carbonyl (C=O) groups is 2. The van der Waals surface area contributed by atoms with Crippen LogP contribution < -0.4 is 18.9 Å². The van der Waals surface area contributed by atoms with Gasteiger partial charge in [-0.15, -0.1) is 0 Å². The van der Waals surface area contributed by atoms with Crippen LogP contribution in [0, 0.1) is 0 Å². The topological polar surface area (TPSA) is 71.1 Å². The van der Waals surface area contributed by atoms with Gasteiger partial charge in [-0.05, 0) is 36.4 Å². The molecule has 0 unspecified atom stereocenters. The minimum atomic E-state index is -0.962. The minimum absolute atomic E-state index is 0.131. The maximum Gasteiger partial charge on any atom is 0.519 e. The summed E-state index contributed by atoms with van der Waals surface area (Å²) in [5.41, 5.74) is 0. The van der Waals surface area contributed by atoms with Crippen molar-refractivity contribution in [3.63, 3.8) is 0 Å². The van der Waals surface area contributed by atoms with Crippen LogP contribution in [0.3, 0.4) is 0 Å². The fourth-order valence-corrected chi connectivity index (χ4v) is 4.32. The first-order valence-electron chi connectivity index (χ1n) is 10.7. The maximum atomic E-state index is 12.7. The van der Waals surface area contributed by atoms with Crippen LogP contribution >= 0.6 is 23.2 Å². The second kappa shape index (κ2) is 10.2. The fraction of sp³-hybridized carbons (Fsp3) is 0. The van der Waals surface area contributed by atoms with Gasteiger partial charge in [-0.3, -0.25) is 0 Å². The summed E-state index contributed by atoms with van der Waals surface area (Å²) in [5.74, 6) is 0.909. The molecular formula is C28H16Cl2O6. The molecule has 0 spiro atoms. The number of rotatable bonds is 4. The van der Waals surface area contributed by atoms with Gasteiger partial charge in [-0.25, -0.2) is 9.59 Å². The lowest BCUT2D eigenvalue weighted by molar-refractivity contribution is 0.151. The highest BCUT2D eigenvalue weighted by Gasteiger charge is 2.24. The first kappa shape index (κ1) is 23.5. The van der Waals surface area contributed by atoms with E-state index in [4.69, 9.17) is 42.1 Å². The van der Waals surface area contributed by atoms with Crippen LogP contribution in [0.25, 0.3) is 21.5 Å². The van der Waals surface area contributed by atoms with Crippen molar-refractivity contribution in [2.45, 2.75) is 0 Å². The first-order chi connectivity index (χ1) is 17.5. The van der Waals surface area contributed by atoms with E-state index in [1.54, 1.807) is 91.0 Å². The number of benzene rings is 5. The number of halogens is 2. The molecular weight excluding hydrogens is 503 g/mol. The van der Waals surface area contributed by atoms with Gasteiger partial charge in [0.2, 0.25) is 0 Å². The molecule has 0 saturated carbocycles. The third-order valence-corrected chi connectivity index (χ3v) is 5.72. The van der Waals surface area contributed by atoms with Crippen LogP contribution in [0.1, 0.15) is 0 Å². The zero-order valence-electron chi connectivity index (χ0n) is 18.4. The van der Waals surface area contributed by atoms with Gasteiger partial charge < -0.3 is 18.9 Å². The van der Waals surface area contributed by atoms with Crippen LogP contribution in [0.4, 0.5) is 9.59 Å². The lowest BCUT2D eigenvalue weighted by atomic mass is 10.0. The second-order valence-corrected chi connectivity index (χ2v) is 8.39. The molecule has 0 fully saturated rings. The van der Waals surface area contributed by atoms with E-state index in [-0.39, 0.29) is 16.5 Å². The quantitative estimate of drug-likeness (QED) is 0.135. The molecule has 0 N–H and O–H groups in total. The lowest BCUT2D eigenvalue weighted by Gasteiger charge is -2.17. The Kier molecular flexibility index (Phi) is 6.62. The average molecular weight is 519 g/mol. The number of fused-ring (bicyclic) bond motifs is 2. The van der Waals surface area contributed by atoms with E-state index in [2.05, 4.69) is 0 Å². The Bertz CT molecular complexity index is 1590. The normalized spacial score (nSPS) is 10.7.